The second-order valence-electron chi connectivity index (χ2n) is 4.40. The molecule has 1 aliphatic rings. The Labute approximate surface area is 104 Å². The van der Waals surface area contributed by atoms with E-state index < -0.39 is 36.8 Å². The van der Waals surface area contributed by atoms with E-state index in [0.29, 0.717) is 0 Å². The third-order valence-corrected chi connectivity index (χ3v) is 3.27. The topological polar surface area (TPSA) is 84.2 Å². The summed E-state index contributed by atoms with van der Waals surface area (Å²) in [7, 11) is 0. The molecule has 1 aromatic rings. The lowest BCUT2D eigenvalue weighted by molar-refractivity contribution is -0.0903. The van der Waals surface area contributed by atoms with E-state index in [1.807, 2.05) is 0 Å². The molecule has 0 aliphatic carbocycles. The predicted octanol–water partition coefficient (Wildman–Crippen LogP) is -0.911. The summed E-state index contributed by atoms with van der Waals surface area (Å²) in [6.07, 6.45) is -3.87. The molecule has 0 aromatic heterocycles. The molecular weight excluding hydrogens is 241 g/mol. The third kappa shape index (κ3) is 2.20. The van der Waals surface area contributed by atoms with Gasteiger partial charge in [-0.05, 0) is 12.1 Å². The molecule has 0 bridgehead atoms. The number of rotatable bonds is 2. The maximum Gasteiger partial charge on any atom is 0.146 e. The minimum absolute atomic E-state index is 0.0512. The standard InChI is InChI=1S/C12H16FNO4/c13-7-3-1-2-4-8(7)14-5-10(16)12(18)11(17)9(14)6-15/h1-4,9-12,15-18H,5-6H2/t9-,10-,11+,12+/m0/s1. The highest BCUT2D eigenvalue weighted by atomic mass is 19.1. The van der Waals surface area contributed by atoms with Crippen LogP contribution in [0.25, 0.3) is 0 Å². The van der Waals surface area contributed by atoms with Crippen molar-refractivity contribution in [3.8, 4) is 0 Å². The lowest BCUT2D eigenvalue weighted by Gasteiger charge is -2.44. The van der Waals surface area contributed by atoms with Gasteiger partial charge in [0.15, 0.2) is 0 Å². The average Bonchev–Trinajstić information content (AvgIpc) is 2.36. The summed E-state index contributed by atoms with van der Waals surface area (Å²) in [4.78, 5) is 1.37. The van der Waals surface area contributed by atoms with Crippen LogP contribution >= 0.6 is 0 Å². The van der Waals surface area contributed by atoms with Crippen molar-refractivity contribution in [2.24, 2.45) is 0 Å². The molecule has 1 aromatic carbocycles. The molecule has 1 heterocycles. The summed E-state index contributed by atoms with van der Waals surface area (Å²) in [6.45, 7) is -0.496. The number of halogens is 1. The van der Waals surface area contributed by atoms with Gasteiger partial charge < -0.3 is 25.3 Å². The van der Waals surface area contributed by atoms with E-state index in [2.05, 4.69) is 0 Å². The number of piperidine rings is 1. The van der Waals surface area contributed by atoms with Crippen molar-refractivity contribution in [1.82, 2.24) is 0 Å². The second-order valence-corrected chi connectivity index (χ2v) is 4.40. The zero-order chi connectivity index (χ0) is 13.3. The normalized spacial score (nSPS) is 32.6. The smallest absolute Gasteiger partial charge is 0.146 e. The molecule has 1 fully saturated rings. The van der Waals surface area contributed by atoms with Gasteiger partial charge in [0.2, 0.25) is 0 Å². The lowest BCUT2D eigenvalue weighted by atomic mass is 9.93. The highest BCUT2D eigenvalue weighted by molar-refractivity contribution is 5.50. The van der Waals surface area contributed by atoms with Gasteiger partial charge in [-0.2, -0.15) is 0 Å². The van der Waals surface area contributed by atoms with Crippen molar-refractivity contribution in [3.05, 3.63) is 30.1 Å². The zero-order valence-corrected chi connectivity index (χ0v) is 9.65. The molecule has 4 atom stereocenters. The molecule has 18 heavy (non-hydrogen) atoms. The summed E-state index contributed by atoms with van der Waals surface area (Å²) < 4.78 is 13.7. The number of hydrogen-bond donors (Lipinski definition) is 4. The van der Waals surface area contributed by atoms with Crippen LogP contribution in [0.3, 0.4) is 0 Å². The number of benzene rings is 1. The molecule has 1 aliphatic heterocycles. The number of nitrogens with zero attached hydrogens (tertiary/aromatic N) is 1. The van der Waals surface area contributed by atoms with E-state index in [1.165, 1.54) is 23.1 Å². The van der Waals surface area contributed by atoms with Crippen LogP contribution in [-0.2, 0) is 0 Å². The highest BCUT2D eigenvalue weighted by Gasteiger charge is 2.41. The molecule has 2 rings (SSSR count). The molecule has 0 amide bonds. The molecule has 0 spiro atoms. The average molecular weight is 257 g/mol. The van der Waals surface area contributed by atoms with E-state index in [4.69, 9.17) is 0 Å². The van der Waals surface area contributed by atoms with E-state index in [-0.39, 0.29) is 12.2 Å². The van der Waals surface area contributed by atoms with Crippen LogP contribution < -0.4 is 4.90 Å². The van der Waals surface area contributed by atoms with Crippen LogP contribution in [0.5, 0.6) is 0 Å². The quantitative estimate of drug-likeness (QED) is 0.551. The first kappa shape index (κ1) is 13.2. The molecule has 0 saturated carbocycles. The first-order valence-electron chi connectivity index (χ1n) is 5.72. The molecule has 100 valence electrons. The van der Waals surface area contributed by atoms with Gasteiger partial charge in [0.05, 0.1) is 24.4 Å². The number of para-hydroxylation sites is 1. The Morgan fingerprint density at radius 3 is 2.44 bits per heavy atom. The number of anilines is 1. The zero-order valence-electron chi connectivity index (χ0n) is 9.65. The Balaban J connectivity index is 2.34. The summed E-state index contributed by atoms with van der Waals surface area (Å²) in [5.74, 6) is -0.508. The molecule has 5 nitrogen and oxygen atoms in total. The van der Waals surface area contributed by atoms with Gasteiger partial charge >= 0.3 is 0 Å². The molecule has 0 unspecified atom stereocenters. The van der Waals surface area contributed by atoms with Crippen molar-refractivity contribution in [2.75, 3.05) is 18.1 Å². The Kier molecular flexibility index (Phi) is 3.82. The van der Waals surface area contributed by atoms with Crippen molar-refractivity contribution in [2.45, 2.75) is 24.4 Å². The van der Waals surface area contributed by atoms with Crippen LogP contribution in [0, 0.1) is 5.82 Å². The monoisotopic (exact) mass is 257 g/mol. The molecule has 0 radical (unpaired) electrons. The molecule has 4 N–H and O–H groups in total. The van der Waals surface area contributed by atoms with Crippen LogP contribution in [0.2, 0.25) is 0 Å². The van der Waals surface area contributed by atoms with Crippen molar-refractivity contribution in [1.29, 1.82) is 0 Å². The van der Waals surface area contributed by atoms with Crippen molar-refractivity contribution < 1.29 is 24.8 Å². The number of aliphatic hydroxyl groups is 4. The Morgan fingerprint density at radius 2 is 1.83 bits per heavy atom. The number of aliphatic hydroxyl groups excluding tert-OH is 4. The molecule has 6 heteroatoms. The summed E-state index contributed by atoms with van der Waals surface area (Å²) in [6, 6.07) is 5.05. The van der Waals surface area contributed by atoms with E-state index in [1.54, 1.807) is 6.07 Å². The molecular formula is C12H16FNO4. The van der Waals surface area contributed by atoms with Crippen LogP contribution in [-0.4, -0.2) is 57.9 Å². The first-order chi connectivity index (χ1) is 8.56. The van der Waals surface area contributed by atoms with Gasteiger partial charge in [0, 0.05) is 6.54 Å². The van der Waals surface area contributed by atoms with E-state index in [0.717, 1.165) is 0 Å². The van der Waals surface area contributed by atoms with Gasteiger partial charge in [0.1, 0.15) is 18.0 Å². The minimum Gasteiger partial charge on any atom is -0.394 e. The Hall–Kier alpha value is -1.21. The fraction of sp³-hybridized carbons (Fsp3) is 0.500. The van der Waals surface area contributed by atoms with E-state index in [9.17, 15) is 24.8 Å². The lowest BCUT2D eigenvalue weighted by Crippen LogP contribution is -2.63. The predicted molar refractivity (Wildman–Crippen MR) is 62.6 cm³/mol. The number of hydrogen-bond acceptors (Lipinski definition) is 5. The fourth-order valence-electron chi connectivity index (χ4n) is 2.25. The third-order valence-electron chi connectivity index (χ3n) is 3.27. The van der Waals surface area contributed by atoms with Crippen LogP contribution in [0.15, 0.2) is 24.3 Å². The second kappa shape index (κ2) is 5.19. The Bertz CT molecular complexity index is 417. The largest absolute Gasteiger partial charge is 0.394 e. The highest BCUT2D eigenvalue weighted by Crippen LogP contribution is 2.27. The van der Waals surface area contributed by atoms with Crippen molar-refractivity contribution >= 4 is 5.69 Å². The number of β-amino-alcohol motifs (C(OH)–C–C–N with tert-alkyl or cyclic N) is 1. The van der Waals surface area contributed by atoms with Crippen LogP contribution in [0.4, 0.5) is 10.1 Å². The SMILES string of the molecule is OC[C@H]1[C@@H](O)[C@H](O)[C@@H](O)CN1c1ccccc1F. The fourth-order valence-corrected chi connectivity index (χ4v) is 2.25. The molecule has 1 saturated heterocycles. The van der Waals surface area contributed by atoms with Gasteiger partial charge in [-0.15, -0.1) is 0 Å². The van der Waals surface area contributed by atoms with Crippen LogP contribution in [0.1, 0.15) is 0 Å². The van der Waals surface area contributed by atoms with Gasteiger partial charge in [-0.25, -0.2) is 4.39 Å². The van der Waals surface area contributed by atoms with Gasteiger partial charge in [0.25, 0.3) is 0 Å². The maximum atomic E-state index is 13.7. The van der Waals surface area contributed by atoms with E-state index >= 15 is 0 Å². The Morgan fingerprint density at radius 1 is 1.17 bits per heavy atom. The van der Waals surface area contributed by atoms with Gasteiger partial charge in [-0.1, -0.05) is 12.1 Å². The summed E-state index contributed by atoms with van der Waals surface area (Å²) in [5, 5.41) is 38.2. The summed E-state index contributed by atoms with van der Waals surface area (Å²) in [5.41, 5.74) is 0.182. The summed E-state index contributed by atoms with van der Waals surface area (Å²) >= 11 is 0. The van der Waals surface area contributed by atoms with Crippen molar-refractivity contribution in [3.63, 3.8) is 0 Å². The van der Waals surface area contributed by atoms with Gasteiger partial charge in [-0.3, -0.25) is 0 Å². The first-order valence-corrected chi connectivity index (χ1v) is 5.72. The minimum atomic E-state index is -1.34. The maximum absolute atomic E-state index is 13.7.